The van der Waals surface area contributed by atoms with Crippen LogP contribution in [0.2, 0.25) is 0 Å². The Bertz CT molecular complexity index is 582. The highest BCUT2D eigenvalue weighted by Gasteiger charge is 2.09. The molecule has 2 aromatic rings. The monoisotopic (exact) mass is 265 g/mol. The van der Waals surface area contributed by atoms with Crippen LogP contribution in [-0.4, -0.2) is 6.54 Å². The Morgan fingerprint density at radius 1 is 0.947 bits per heavy atom. The van der Waals surface area contributed by atoms with Crippen LogP contribution in [0.25, 0.3) is 11.1 Å². The first-order chi connectivity index (χ1) is 9.11. The minimum absolute atomic E-state index is 0.190. The van der Waals surface area contributed by atoms with E-state index in [1.807, 2.05) is 6.92 Å². The number of benzene rings is 2. The van der Waals surface area contributed by atoms with Gasteiger partial charge in [0.15, 0.2) is 0 Å². The molecular formula is C15H14F3N. The summed E-state index contributed by atoms with van der Waals surface area (Å²) in [4.78, 5) is 0. The molecule has 0 atom stereocenters. The van der Waals surface area contributed by atoms with E-state index < -0.39 is 17.5 Å². The topological polar surface area (TPSA) is 12.0 Å². The van der Waals surface area contributed by atoms with E-state index in [0.717, 1.165) is 18.7 Å². The van der Waals surface area contributed by atoms with E-state index in [0.29, 0.717) is 17.7 Å². The van der Waals surface area contributed by atoms with Crippen molar-refractivity contribution in [2.75, 3.05) is 6.54 Å². The van der Waals surface area contributed by atoms with Gasteiger partial charge < -0.3 is 5.32 Å². The molecule has 1 N–H and O–H groups in total. The fraction of sp³-hybridized carbons (Fsp3) is 0.200. The summed E-state index contributed by atoms with van der Waals surface area (Å²) in [6, 6.07) is 7.76. The first-order valence-electron chi connectivity index (χ1n) is 6.06. The SMILES string of the molecule is CCNCc1ccc(-c2ccc(F)cc2F)cc1F. The van der Waals surface area contributed by atoms with Gasteiger partial charge in [0.1, 0.15) is 17.5 Å². The van der Waals surface area contributed by atoms with Crippen LogP contribution in [0.5, 0.6) is 0 Å². The van der Waals surface area contributed by atoms with Crippen molar-refractivity contribution in [2.24, 2.45) is 0 Å². The molecular weight excluding hydrogens is 251 g/mol. The van der Waals surface area contributed by atoms with Gasteiger partial charge in [-0.25, -0.2) is 13.2 Å². The van der Waals surface area contributed by atoms with Crippen molar-refractivity contribution in [2.45, 2.75) is 13.5 Å². The molecule has 0 saturated heterocycles. The van der Waals surface area contributed by atoms with E-state index in [2.05, 4.69) is 5.32 Å². The van der Waals surface area contributed by atoms with Gasteiger partial charge in [-0.3, -0.25) is 0 Å². The molecule has 0 radical (unpaired) electrons. The zero-order valence-electron chi connectivity index (χ0n) is 10.5. The summed E-state index contributed by atoms with van der Waals surface area (Å²) < 4.78 is 40.3. The average molecular weight is 265 g/mol. The van der Waals surface area contributed by atoms with E-state index in [-0.39, 0.29) is 5.56 Å². The van der Waals surface area contributed by atoms with Gasteiger partial charge in [0.2, 0.25) is 0 Å². The lowest BCUT2D eigenvalue weighted by molar-refractivity contribution is 0.584. The van der Waals surface area contributed by atoms with Crippen molar-refractivity contribution in [3.63, 3.8) is 0 Å². The maximum absolute atomic E-state index is 13.8. The normalized spacial score (nSPS) is 10.7. The molecule has 1 nitrogen and oxygen atoms in total. The van der Waals surface area contributed by atoms with Gasteiger partial charge in [-0.2, -0.15) is 0 Å². The van der Waals surface area contributed by atoms with Crippen LogP contribution in [0.3, 0.4) is 0 Å². The van der Waals surface area contributed by atoms with Crippen LogP contribution in [-0.2, 0) is 6.54 Å². The van der Waals surface area contributed by atoms with Crippen molar-refractivity contribution >= 4 is 0 Å². The molecule has 4 heteroatoms. The summed E-state index contributed by atoms with van der Waals surface area (Å²) in [7, 11) is 0. The summed E-state index contributed by atoms with van der Waals surface area (Å²) in [5.74, 6) is -1.74. The van der Waals surface area contributed by atoms with Gasteiger partial charge in [0.05, 0.1) is 0 Å². The third-order valence-electron chi connectivity index (χ3n) is 2.86. The minimum atomic E-state index is -0.696. The lowest BCUT2D eigenvalue weighted by atomic mass is 10.0. The van der Waals surface area contributed by atoms with Crippen molar-refractivity contribution in [3.05, 3.63) is 59.4 Å². The lowest BCUT2D eigenvalue weighted by Crippen LogP contribution is -2.12. The third-order valence-corrected chi connectivity index (χ3v) is 2.86. The summed E-state index contributed by atoms with van der Waals surface area (Å²) in [5.41, 5.74) is 1.11. The van der Waals surface area contributed by atoms with Gasteiger partial charge in [0, 0.05) is 23.7 Å². The molecule has 0 aliphatic rings. The van der Waals surface area contributed by atoms with Crippen LogP contribution in [0, 0.1) is 17.5 Å². The van der Waals surface area contributed by atoms with Gasteiger partial charge in [0.25, 0.3) is 0 Å². The fourth-order valence-electron chi connectivity index (χ4n) is 1.84. The molecule has 100 valence electrons. The molecule has 0 saturated carbocycles. The average Bonchev–Trinajstić information content (AvgIpc) is 2.37. The minimum Gasteiger partial charge on any atom is -0.313 e. The molecule has 0 unspecified atom stereocenters. The maximum Gasteiger partial charge on any atom is 0.133 e. The Labute approximate surface area is 110 Å². The maximum atomic E-state index is 13.8. The fourth-order valence-corrected chi connectivity index (χ4v) is 1.84. The Morgan fingerprint density at radius 3 is 2.37 bits per heavy atom. The number of hydrogen-bond donors (Lipinski definition) is 1. The Hall–Kier alpha value is -1.81. The first-order valence-corrected chi connectivity index (χ1v) is 6.06. The quantitative estimate of drug-likeness (QED) is 0.884. The van der Waals surface area contributed by atoms with Crippen molar-refractivity contribution in [3.8, 4) is 11.1 Å². The van der Waals surface area contributed by atoms with Crippen LogP contribution in [0.1, 0.15) is 12.5 Å². The number of nitrogens with one attached hydrogen (secondary N) is 1. The highest BCUT2D eigenvalue weighted by molar-refractivity contribution is 5.64. The summed E-state index contributed by atoms with van der Waals surface area (Å²) in [6.07, 6.45) is 0. The predicted molar refractivity (Wildman–Crippen MR) is 69.1 cm³/mol. The summed E-state index contributed by atoms with van der Waals surface area (Å²) in [6.45, 7) is 3.10. The summed E-state index contributed by atoms with van der Waals surface area (Å²) in [5, 5.41) is 3.02. The predicted octanol–water partition coefficient (Wildman–Crippen LogP) is 3.88. The number of hydrogen-bond acceptors (Lipinski definition) is 1. The van der Waals surface area contributed by atoms with E-state index in [1.54, 1.807) is 12.1 Å². The third kappa shape index (κ3) is 3.15. The van der Waals surface area contributed by atoms with E-state index >= 15 is 0 Å². The number of rotatable bonds is 4. The molecule has 0 aliphatic carbocycles. The standard InChI is InChI=1S/C15H14F3N/c1-2-19-9-11-4-3-10(7-14(11)17)13-6-5-12(16)8-15(13)18/h3-8,19H,2,9H2,1H3. The molecule has 0 bridgehead atoms. The van der Waals surface area contributed by atoms with Crippen molar-refractivity contribution < 1.29 is 13.2 Å². The Balaban J connectivity index is 2.33. The van der Waals surface area contributed by atoms with Gasteiger partial charge >= 0.3 is 0 Å². The molecule has 0 aromatic heterocycles. The van der Waals surface area contributed by atoms with Crippen molar-refractivity contribution in [1.29, 1.82) is 0 Å². The smallest absolute Gasteiger partial charge is 0.133 e. The highest BCUT2D eigenvalue weighted by Crippen LogP contribution is 2.25. The van der Waals surface area contributed by atoms with E-state index in [1.165, 1.54) is 12.1 Å². The zero-order chi connectivity index (χ0) is 13.8. The van der Waals surface area contributed by atoms with Gasteiger partial charge in [-0.05, 0) is 30.3 Å². The second kappa shape index (κ2) is 5.89. The van der Waals surface area contributed by atoms with E-state index in [9.17, 15) is 13.2 Å². The lowest BCUT2D eigenvalue weighted by Gasteiger charge is -2.08. The second-order valence-electron chi connectivity index (χ2n) is 4.21. The Morgan fingerprint density at radius 2 is 1.74 bits per heavy atom. The van der Waals surface area contributed by atoms with Crippen molar-refractivity contribution in [1.82, 2.24) is 5.32 Å². The number of halogens is 3. The molecule has 0 spiro atoms. The first kappa shape index (κ1) is 13.6. The van der Waals surface area contributed by atoms with E-state index in [4.69, 9.17) is 0 Å². The largest absolute Gasteiger partial charge is 0.313 e. The van der Waals surface area contributed by atoms with Crippen LogP contribution in [0.4, 0.5) is 13.2 Å². The van der Waals surface area contributed by atoms with Crippen LogP contribution < -0.4 is 5.32 Å². The molecule has 0 fully saturated rings. The Kier molecular flexibility index (Phi) is 4.22. The molecule has 0 amide bonds. The highest BCUT2D eigenvalue weighted by atomic mass is 19.1. The molecule has 2 aromatic carbocycles. The molecule has 0 aliphatic heterocycles. The van der Waals surface area contributed by atoms with Crippen LogP contribution in [0.15, 0.2) is 36.4 Å². The zero-order valence-corrected chi connectivity index (χ0v) is 10.5. The second-order valence-corrected chi connectivity index (χ2v) is 4.21. The van der Waals surface area contributed by atoms with Gasteiger partial charge in [-0.15, -0.1) is 0 Å². The molecule has 2 rings (SSSR count). The van der Waals surface area contributed by atoms with Gasteiger partial charge in [-0.1, -0.05) is 19.1 Å². The molecule has 19 heavy (non-hydrogen) atoms. The van der Waals surface area contributed by atoms with Crippen LogP contribution >= 0.6 is 0 Å². The summed E-state index contributed by atoms with van der Waals surface area (Å²) >= 11 is 0. The molecule has 0 heterocycles.